The molecule has 2 aliphatic heterocycles. The number of hydrogen-bond donors (Lipinski definition) is 3. The molecule has 1 aromatic heterocycles. The summed E-state index contributed by atoms with van der Waals surface area (Å²) in [6.45, 7) is 1.85. The maximum Gasteiger partial charge on any atom is 0.351 e. The van der Waals surface area contributed by atoms with Crippen LogP contribution in [0.4, 0.5) is 0 Å². The first-order valence-electron chi connectivity index (χ1n) is 7.77. The standard InChI is InChI=1S/C17H17N3O5/c1-3-8-4-10(16(22)23)15(21)19-14(8)11-5-9-6-12(17(24)25)20(2)13(9)7-18-11/h4-7,9,13H,3H2,1-2H3,(H,19,21)(H,22,23)(H,24,25). The summed E-state index contributed by atoms with van der Waals surface area (Å²) < 4.78 is 0. The zero-order valence-electron chi connectivity index (χ0n) is 13.7. The largest absolute Gasteiger partial charge is 0.477 e. The van der Waals surface area contributed by atoms with Crippen LogP contribution in [-0.2, 0) is 11.2 Å². The van der Waals surface area contributed by atoms with E-state index in [4.69, 9.17) is 5.11 Å². The summed E-state index contributed by atoms with van der Waals surface area (Å²) in [6, 6.07) is 1.17. The minimum Gasteiger partial charge on any atom is -0.477 e. The number of carbonyl (C=O) groups is 2. The lowest BCUT2D eigenvalue weighted by Gasteiger charge is -2.26. The molecule has 3 N–H and O–H groups in total. The first-order chi connectivity index (χ1) is 11.8. The Morgan fingerprint density at radius 2 is 2.00 bits per heavy atom. The number of aliphatic imine (C=N–C) groups is 1. The Morgan fingerprint density at radius 1 is 1.28 bits per heavy atom. The van der Waals surface area contributed by atoms with Crippen molar-refractivity contribution in [3.63, 3.8) is 0 Å². The van der Waals surface area contributed by atoms with Gasteiger partial charge in [-0.25, -0.2) is 9.59 Å². The van der Waals surface area contributed by atoms with Crippen molar-refractivity contribution >= 4 is 23.9 Å². The molecule has 2 unspecified atom stereocenters. The molecule has 2 atom stereocenters. The van der Waals surface area contributed by atoms with Gasteiger partial charge < -0.3 is 20.1 Å². The number of aryl methyl sites for hydroxylation is 1. The number of fused-ring (bicyclic) bond motifs is 1. The molecule has 0 fully saturated rings. The molecule has 0 aliphatic carbocycles. The third-order valence-corrected chi connectivity index (χ3v) is 4.50. The van der Waals surface area contributed by atoms with Gasteiger partial charge in [0.05, 0.1) is 17.4 Å². The molecule has 8 nitrogen and oxygen atoms in total. The molecule has 25 heavy (non-hydrogen) atoms. The van der Waals surface area contributed by atoms with E-state index in [1.165, 1.54) is 6.07 Å². The van der Waals surface area contributed by atoms with Crippen molar-refractivity contribution in [1.82, 2.24) is 9.88 Å². The highest BCUT2D eigenvalue weighted by molar-refractivity contribution is 5.91. The zero-order valence-corrected chi connectivity index (χ0v) is 13.7. The molecule has 3 rings (SSSR count). The van der Waals surface area contributed by atoms with Crippen LogP contribution in [0.5, 0.6) is 0 Å². The summed E-state index contributed by atoms with van der Waals surface area (Å²) in [5, 5.41) is 18.3. The number of pyridine rings is 1. The topological polar surface area (TPSA) is 123 Å². The van der Waals surface area contributed by atoms with Gasteiger partial charge in [0.2, 0.25) is 0 Å². The van der Waals surface area contributed by atoms with Gasteiger partial charge in [0, 0.05) is 19.2 Å². The third-order valence-electron chi connectivity index (χ3n) is 4.50. The van der Waals surface area contributed by atoms with Crippen LogP contribution in [0.2, 0.25) is 0 Å². The number of aliphatic carboxylic acids is 1. The highest BCUT2D eigenvalue weighted by atomic mass is 16.4. The van der Waals surface area contributed by atoms with Gasteiger partial charge in [0.1, 0.15) is 11.3 Å². The Balaban J connectivity index is 2.06. The SMILES string of the molecule is CCc1cc(C(=O)O)c(=O)[nH]c1C1=CC2C=C(C(=O)O)N(C)C2C=N1. The molecular weight excluding hydrogens is 326 g/mol. The van der Waals surface area contributed by atoms with Crippen LogP contribution in [0, 0.1) is 5.92 Å². The normalized spacial score (nSPS) is 21.6. The number of carboxylic acid groups (broad SMARTS) is 2. The van der Waals surface area contributed by atoms with E-state index < -0.39 is 17.5 Å². The van der Waals surface area contributed by atoms with Gasteiger partial charge in [-0.15, -0.1) is 0 Å². The smallest absolute Gasteiger partial charge is 0.351 e. The van der Waals surface area contributed by atoms with E-state index in [1.54, 1.807) is 30.3 Å². The molecule has 3 heterocycles. The van der Waals surface area contributed by atoms with Gasteiger partial charge in [0.25, 0.3) is 5.56 Å². The summed E-state index contributed by atoms with van der Waals surface area (Å²) in [6.07, 6.45) is 5.61. The van der Waals surface area contributed by atoms with E-state index in [0.29, 0.717) is 23.4 Å². The molecule has 2 aliphatic rings. The number of aromatic carboxylic acids is 1. The molecule has 0 bridgehead atoms. The van der Waals surface area contributed by atoms with E-state index in [-0.39, 0.29) is 23.2 Å². The molecule has 8 heteroatoms. The molecular formula is C17H17N3O5. The Kier molecular flexibility index (Phi) is 4.03. The Labute approximate surface area is 142 Å². The highest BCUT2D eigenvalue weighted by Crippen LogP contribution is 2.33. The van der Waals surface area contributed by atoms with Gasteiger partial charge in [-0.2, -0.15) is 0 Å². The number of aromatic amines is 1. The highest BCUT2D eigenvalue weighted by Gasteiger charge is 2.35. The summed E-state index contributed by atoms with van der Waals surface area (Å²) in [7, 11) is 1.69. The van der Waals surface area contributed by atoms with E-state index in [9.17, 15) is 19.5 Å². The number of H-pyrrole nitrogens is 1. The second kappa shape index (κ2) is 6.04. The molecule has 0 saturated carbocycles. The van der Waals surface area contributed by atoms with Gasteiger partial charge in [-0.1, -0.05) is 6.92 Å². The van der Waals surface area contributed by atoms with E-state index in [2.05, 4.69) is 9.98 Å². The minimum atomic E-state index is -1.28. The fourth-order valence-electron chi connectivity index (χ4n) is 3.15. The quantitative estimate of drug-likeness (QED) is 0.748. The fraction of sp³-hybridized carbons (Fsp3) is 0.294. The monoisotopic (exact) mass is 343 g/mol. The van der Waals surface area contributed by atoms with Gasteiger partial charge in [0.15, 0.2) is 0 Å². The van der Waals surface area contributed by atoms with Crippen molar-refractivity contribution in [2.24, 2.45) is 10.9 Å². The van der Waals surface area contributed by atoms with Crippen LogP contribution in [0.3, 0.4) is 0 Å². The maximum atomic E-state index is 12.0. The zero-order chi connectivity index (χ0) is 18.3. The van der Waals surface area contributed by atoms with Gasteiger partial charge >= 0.3 is 11.9 Å². The van der Waals surface area contributed by atoms with E-state index in [0.717, 1.165) is 0 Å². The van der Waals surface area contributed by atoms with Crippen molar-refractivity contribution < 1.29 is 19.8 Å². The molecule has 0 amide bonds. The average Bonchev–Trinajstić information content (AvgIpc) is 2.91. The number of nitrogens with one attached hydrogen (secondary N) is 1. The maximum absolute atomic E-state index is 12.0. The van der Waals surface area contributed by atoms with Crippen LogP contribution >= 0.6 is 0 Å². The summed E-state index contributed by atoms with van der Waals surface area (Å²) in [5.74, 6) is -2.47. The molecule has 0 saturated heterocycles. The lowest BCUT2D eigenvalue weighted by Crippen LogP contribution is -2.34. The number of carboxylic acids is 2. The molecule has 0 aromatic carbocycles. The Hall–Kier alpha value is -3.16. The lowest BCUT2D eigenvalue weighted by atomic mass is 9.96. The lowest BCUT2D eigenvalue weighted by molar-refractivity contribution is -0.134. The average molecular weight is 343 g/mol. The number of hydrogen-bond acceptors (Lipinski definition) is 5. The van der Waals surface area contributed by atoms with Crippen LogP contribution in [0.1, 0.15) is 28.5 Å². The van der Waals surface area contributed by atoms with Crippen LogP contribution in [-0.4, -0.2) is 51.3 Å². The number of nitrogens with zero attached hydrogens (tertiary/aromatic N) is 2. The van der Waals surface area contributed by atoms with Crippen LogP contribution < -0.4 is 5.56 Å². The molecule has 1 aromatic rings. The van der Waals surface area contributed by atoms with Crippen LogP contribution in [0.15, 0.2) is 33.7 Å². The van der Waals surface area contributed by atoms with Crippen molar-refractivity contribution in [2.75, 3.05) is 7.05 Å². The van der Waals surface area contributed by atoms with Crippen molar-refractivity contribution in [3.8, 4) is 0 Å². The summed E-state index contributed by atoms with van der Waals surface area (Å²) >= 11 is 0. The van der Waals surface area contributed by atoms with Crippen LogP contribution in [0.25, 0.3) is 5.70 Å². The predicted molar refractivity (Wildman–Crippen MR) is 90.6 cm³/mol. The minimum absolute atomic E-state index is 0.184. The third kappa shape index (κ3) is 2.75. The van der Waals surface area contributed by atoms with Gasteiger partial charge in [-0.05, 0) is 30.2 Å². The Bertz CT molecular complexity index is 909. The van der Waals surface area contributed by atoms with E-state index >= 15 is 0 Å². The number of likely N-dealkylation sites (N-methyl/N-ethyl adjacent to an activating group) is 1. The van der Waals surface area contributed by atoms with E-state index in [1.807, 2.05) is 6.92 Å². The van der Waals surface area contributed by atoms with Gasteiger partial charge in [-0.3, -0.25) is 9.79 Å². The number of rotatable bonds is 4. The van der Waals surface area contributed by atoms with Crippen molar-refractivity contribution in [1.29, 1.82) is 0 Å². The second-order valence-electron chi connectivity index (χ2n) is 5.94. The summed E-state index contributed by atoms with van der Waals surface area (Å²) in [4.78, 5) is 43.0. The molecule has 130 valence electrons. The fourth-order valence-corrected chi connectivity index (χ4v) is 3.15. The summed E-state index contributed by atoms with van der Waals surface area (Å²) in [5.41, 5.74) is 0.822. The van der Waals surface area contributed by atoms with Crippen molar-refractivity contribution in [2.45, 2.75) is 19.4 Å². The first-order valence-corrected chi connectivity index (χ1v) is 7.77. The Morgan fingerprint density at radius 3 is 2.60 bits per heavy atom. The number of aromatic nitrogens is 1. The molecule has 0 spiro atoms. The second-order valence-corrected chi connectivity index (χ2v) is 5.94. The molecule has 0 radical (unpaired) electrons. The first kappa shape index (κ1) is 16.7. The predicted octanol–water partition coefficient (Wildman–Crippen LogP) is 0.959. The van der Waals surface area contributed by atoms with Crippen molar-refractivity contribution in [3.05, 3.63) is 51.1 Å².